The maximum atomic E-state index is 12.2. The highest BCUT2D eigenvalue weighted by Crippen LogP contribution is 2.41. The smallest absolute Gasteiger partial charge is 0.347 e. The van der Waals surface area contributed by atoms with Crippen LogP contribution in [0.3, 0.4) is 0 Å². The molecule has 0 spiro atoms. The summed E-state index contributed by atoms with van der Waals surface area (Å²) in [6, 6.07) is 2.37. The predicted octanol–water partition coefficient (Wildman–Crippen LogP) is 3.40. The van der Waals surface area contributed by atoms with Crippen LogP contribution in [0, 0.1) is 0 Å². The largest absolute Gasteiger partial charge is 0.490 e. The summed E-state index contributed by atoms with van der Waals surface area (Å²) in [5.74, 6) is 0.0576. The fourth-order valence-electron chi connectivity index (χ4n) is 3.03. The van der Waals surface area contributed by atoms with E-state index in [1.165, 1.54) is 6.92 Å². The third-order valence-corrected chi connectivity index (χ3v) is 4.82. The molecule has 2 atom stereocenters. The lowest BCUT2D eigenvalue weighted by molar-refractivity contribution is -0.150. The number of esters is 1. The second-order valence-electron chi connectivity index (χ2n) is 6.40. The van der Waals surface area contributed by atoms with Gasteiger partial charge in [-0.05, 0) is 68.2 Å². The number of benzene rings is 1. The molecule has 0 saturated carbocycles. The number of ether oxygens (including phenoxy) is 3. The number of hydrogen-bond donors (Lipinski definition) is 2. The zero-order chi connectivity index (χ0) is 21.7. The van der Waals surface area contributed by atoms with Gasteiger partial charge in [0.15, 0.2) is 23.4 Å². The quantitative estimate of drug-likeness (QED) is 0.566. The highest BCUT2D eigenvalue weighted by atomic mass is 79.9. The highest BCUT2D eigenvalue weighted by molar-refractivity contribution is 9.10. The van der Waals surface area contributed by atoms with Gasteiger partial charge < -0.3 is 24.8 Å². The molecule has 2 amide bonds. The van der Waals surface area contributed by atoms with Crippen molar-refractivity contribution in [2.75, 3.05) is 13.2 Å². The van der Waals surface area contributed by atoms with Gasteiger partial charge >= 0.3 is 12.0 Å². The first kappa shape index (κ1) is 22.7. The number of allylic oxidation sites excluding steroid dienone is 1. The normalized spacial score (nSPS) is 17.2. The van der Waals surface area contributed by atoms with Gasteiger partial charge in [-0.2, -0.15) is 0 Å². The molecule has 1 heterocycles. The fourth-order valence-corrected chi connectivity index (χ4v) is 3.58. The molecule has 0 radical (unpaired) electrons. The van der Waals surface area contributed by atoms with Crippen LogP contribution in [-0.2, 0) is 14.3 Å². The van der Waals surface area contributed by atoms with Gasteiger partial charge in [0.1, 0.15) is 0 Å². The van der Waals surface area contributed by atoms with Crippen molar-refractivity contribution < 1.29 is 28.6 Å². The van der Waals surface area contributed by atoms with Crippen LogP contribution in [0.1, 0.15) is 46.2 Å². The van der Waals surface area contributed by atoms with Crippen LogP contribution < -0.4 is 20.1 Å². The first-order chi connectivity index (χ1) is 13.7. The fraction of sp³-hybridized carbons (Fsp3) is 0.450. The first-order valence-electron chi connectivity index (χ1n) is 9.28. The summed E-state index contributed by atoms with van der Waals surface area (Å²) < 4.78 is 17.0. The molecule has 2 unspecified atom stereocenters. The van der Waals surface area contributed by atoms with Crippen molar-refractivity contribution in [3.63, 3.8) is 0 Å². The van der Waals surface area contributed by atoms with E-state index in [0.29, 0.717) is 39.4 Å². The minimum atomic E-state index is -0.843. The molecule has 1 aromatic rings. The highest BCUT2D eigenvalue weighted by Gasteiger charge is 2.31. The molecular weight excluding hydrogens is 444 g/mol. The molecule has 0 aromatic heterocycles. The van der Waals surface area contributed by atoms with E-state index >= 15 is 0 Å². The molecule has 0 fully saturated rings. The van der Waals surface area contributed by atoms with E-state index in [-0.39, 0.29) is 12.4 Å². The second-order valence-corrected chi connectivity index (χ2v) is 7.26. The molecule has 1 aliphatic heterocycles. The standard InChI is InChI=1S/C20H25BrN2O6/c1-6-27-15-9-13(17-16(11(4)24)10(3)22-20(26)23-17)8-14(21)18(15)29-12(5)19(25)28-7-2/h8-9,12,17H,6-7H2,1-5H3,(H2,22,23,26). The van der Waals surface area contributed by atoms with Crippen molar-refractivity contribution in [3.8, 4) is 11.5 Å². The minimum absolute atomic E-state index is 0.162. The van der Waals surface area contributed by atoms with Crippen molar-refractivity contribution in [1.82, 2.24) is 10.6 Å². The Hall–Kier alpha value is -2.55. The Morgan fingerprint density at radius 1 is 1.24 bits per heavy atom. The van der Waals surface area contributed by atoms with E-state index < -0.39 is 24.1 Å². The van der Waals surface area contributed by atoms with Gasteiger partial charge in [0, 0.05) is 11.3 Å². The Kier molecular flexibility index (Phi) is 7.66. The van der Waals surface area contributed by atoms with Crippen molar-refractivity contribution >= 4 is 33.7 Å². The van der Waals surface area contributed by atoms with E-state index in [2.05, 4.69) is 26.6 Å². The monoisotopic (exact) mass is 468 g/mol. The Labute approximate surface area is 178 Å². The number of rotatable bonds is 8. The van der Waals surface area contributed by atoms with Crippen LogP contribution in [-0.4, -0.2) is 37.1 Å². The summed E-state index contributed by atoms with van der Waals surface area (Å²) in [6.07, 6.45) is -0.843. The van der Waals surface area contributed by atoms with Gasteiger partial charge in [0.05, 0.1) is 23.7 Å². The number of halogens is 1. The lowest BCUT2D eigenvalue weighted by atomic mass is 9.93. The van der Waals surface area contributed by atoms with E-state index in [9.17, 15) is 14.4 Å². The molecule has 158 valence electrons. The van der Waals surface area contributed by atoms with Gasteiger partial charge in [0.25, 0.3) is 0 Å². The van der Waals surface area contributed by atoms with E-state index in [0.717, 1.165) is 0 Å². The maximum Gasteiger partial charge on any atom is 0.347 e. The minimum Gasteiger partial charge on any atom is -0.490 e. The predicted molar refractivity (Wildman–Crippen MR) is 110 cm³/mol. The van der Waals surface area contributed by atoms with Gasteiger partial charge in [0.2, 0.25) is 0 Å². The molecule has 29 heavy (non-hydrogen) atoms. The number of carbonyl (C=O) groups is 3. The Morgan fingerprint density at radius 2 is 1.93 bits per heavy atom. The number of carbonyl (C=O) groups excluding carboxylic acids is 3. The zero-order valence-electron chi connectivity index (χ0n) is 17.1. The van der Waals surface area contributed by atoms with Crippen LogP contribution in [0.5, 0.6) is 11.5 Å². The number of nitrogens with one attached hydrogen (secondary N) is 2. The number of ketones is 1. The van der Waals surface area contributed by atoms with Crippen molar-refractivity contribution in [2.45, 2.75) is 46.8 Å². The molecule has 1 aliphatic rings. The second kappa shape index (κ2) is 9.78. The van der Waals surface area contributed by atoms with Crippen LogP contribution in [0.4, 0.5) is 4.79 Å². The number of hydrogen-bond acceptors (Lipinski definition) is 6. The summed E-state index contributed by atoms with van der Waals surface area (Å²) in [7, 11) is 0. The lowest BCUT2D eigenvalue weighted by Crippen LogP contribution is -2.44. The van der Waals surface area contributed by atoms with Crippen LogP contribution in [0.2, 0.25) is 0 Å². The van der Waals surface area contributed by atoms with Crippen molar-refractivity contribution in [2.24, 2.45) is 0 Å². The molecule has 1 aromatic carbocycles. The van der Waals surface area contributed by atoms with E-state index in [4.69, 9.17) is 14.2 Å². The third-order valence-electron chi connectivity index (χ3n) is 4.23. The van der Waals surface area contributed by atoms with Gasteiger partial charge in [-0.3, -0.25) is 4.79 Å². The lowest BCUT2D eigenvalue weighted by Gasteiger charge is -2.29. The van der Waals surface area contributed by atoms with Crippen LogP contribution in [0.15, 0.2) is 27.9 Å². The van der Waals surface area contributed by atoms with E-state index in [1.54, 1.807) is 32.9 Å². The molecule has 2 rings (SSSR count). The Bertz CT molecular complexity index is 852. The maximum absolute atomic E-state index is 12.2. The Morgan fingerprint density at radius 3 is 2.52 bits per heavy atom. The summed E-state index contributed by atoms with van der Waals surface area (Å²) in [5.41, 5.74) is 1.58. The number of urea groups is 1. The zero-order valence-corrected chi connectivity index (χ0v) is 18.6. The van der Waals surface area contributed by atoms with Crippen LogP contribution >= 0.6 is 15.9 Å². The summed E-state index contributed by atoms with van der Waals surface area (Å²) in [6.45, 7) is 8.85. The molecule has 0 bridgehead atoms. The molecule has 9 heteroatoms. The van der Waals surface area contributed by atoms with E-state index in [1.807, 2.05) is 6.92 Å². The Balaban J connectivity index is 2.48. The summed E-state index contributed by atoms with van der Waals surface area (Å²) in [5, 5.41) is 5.38. The molecular formula is C20H25BrN2O6. The average Bonchev–Trinajstić information content (AvgIpc) is 2.63. The molecule has 8 nitrogen and oxygen atoms in total. The van der Waals surface area contributed by atoms with Gasteiger partial charge in [-0.15, -0.1) is 0 Å². The first-order valence-corrected chi connectivity index (χ1v) is 10.1. The summed E-state index contributed by atoms with van der Waals surface area (Å²) in [4.78, 5) is 36.1. The van der Waals surface area contributed by atoms with Crippen molar-refractivity contribution in [3.05, 3.63) is 33.4 Å². The van der Waals surface area contributed by atoms with Gasteiger partial charge in [-0.25, -0.2) is 9.59 Å². The molecule has 0 aliphatic carbocycles. The number of Topliss-reactive ketones (excluding diaryl/α,β-unsaturated/α-hetero) is 1. The number of amides is 2. The van der Waals surface area contributed by atoms with Gasteiger partial charge in [-0.1, -0.05) is 0 Å². The average molecular weight is 469 g/mol. The SMILES string of the molecule is CCOC(=O)C(C)Oc1c(Br)cc(C2NC(=O)NC(C)=C2C(C)=O)cc1OCC. The molecule has 2 N–H and O–H groups in total. The topological polar surface area (TPSA) is 103 Å². The van der Waals surface area contributed by atoms with Crippen molar-refractivity contribution in [1.29, 1.82) is 0 Å². The third kappa shape index (κ3) is 5.29. The summed E-state index contributed by atoms with van der Waals surface area (Å²) >= 11 is 3.45. The molecule has 0 saturated heterocycles. The van der Waals surface area contributed by atoms with Crippen LogP contribution in [0.25, 0.3) is 0 Å².